The van der Waals surface area contributed by atoms with Crippen molar-refractivity contribution in [2.45, 2.75) is 19.6 Å². The molecule has 136 valence electrons. The van der Waals surface area contributed by atoms with Gasteiger partial charge in [-0.25, -0.2) is 0 Å². The van der Waals surface area contributed by atoms with Crippen molar-refractivity contribution in [2.75, 3.05) is 26.7 Å². The summed E-state index contributed by atoms with van der Waals surface area (Å²) in [7, 11) is 1.42. The monoisotopic (exact) mass is 350 g/mol. The molecule has 2 aromatic rings. The molecule has 2 rings (SSSR count). The Kier molecular flexibility index (Phi) is 7.63. The Morgan fingerprint density at radius 1 is 1.00 bits per heavy atom. The third kappa shape index (κ3) is 6.32. The first-order valence-corrected chi connectivity index (χ1v) is 8.20. The second-order valence-corrected chi connectivity index (χ2v) is 5.66. The molecule has 0 spiro atoms. The molecule has 0 saturated heterocycles. The lowest BCUT2D eigenvalue weighted by molar-refractivity contribution is -0.0512. The lowest BCUT2D eigenvalue weighted by atomic mass is 10.1. The van der Waals surface area contributed by atoms with Gasteiger partial charge >= 0.3 is 6.61 Å². The molecule has 0 bridgehead atoms. The third-order valence-corrected chi connectivity index (χ3v) is 3.86. The van der Waals surface area contributed by atoms with Crippen LogP contribution in [0.1, 0.15) is 11.1 Å². The lowest BCUT2D eigenvalue weighted by Gasteiger charge is -2.22. The van der Waals surface area contributed by atoms with E-state index in [0.29, 0.717) is 18.8 Å². The number of rotatable bonds is 10. The average Bonchev–Trinajstić information content (AvgIpc) is 2.60. The summed E-state index contributed by atoms with van der Waals surface area (Å²) in [6.45, 7) is -0.191. The predicted molar refractivity (Wildman–Crippen MR) is 94.1 cm³/mol. The highest BCUT2D eigenvalue weighted by Gasteiger charge is 2.13. The zero-order chi connectivity index (χ0) is 18.1. The third-order valence-electron chi connectivity index (χ3n) is 3.86. The maximum Gasteiger partial charge on any atom is 0.387 e. The number of hydrogen-bond donors (Lipinski definition) is 1. The summed E-state index contributed by atoms with van der Waals surface area (Å²) in [5.41, 5.74) is 7.83. The molecule has 2 aromatic carbocycles. The maximum atomic E-state index is 12.6. The standard InChI is InChI=1S/C19H24F2N2O2/c1-24-17-8-7-16(13-18(17)25-19(20)21)14-23(12-10-22)11-9-15-5-3-2-4-6-15/h2-8,13,19H,9-12,14,22H2,1H3. The van der Waals surface area contributed by atoms with Crippen LogP contribution in [0.2, 0.25) is 0 Å². The van der Waals surface area contributed by atoms with Crippen LogP contribution in [0.4, 0.5) is 8.78 Å². The fourth-order valence-electron chi connectivity index (χ4n) is 2.65. The Hall–Kier alpha value is -2.18. The van der Waals surface area contributed by atoms with Gasteiger partial charge in [0, 0.05) is 26.2 Å². The van der Waals surface area contributed by atoms with Gasteiger partial charge in [-0.15, -0.1) is 0 Å². The Labute approximate surface area is 147 Å². The molecule has 0 radical (unpaired) electrons. The molecule has 4 nitrogen and oxygen atoms in total. The van der Waals surface area contributed by atoms with E-state index in [2.05, 4.69) is 21.8 Å². The van der Waals surface area contributed by atoms with Gasteiger partial charge in [0.15, 0.2) is 11.5 Å². The quantitative estimate of drug-likeness (QED) is 0.714. The molecular weight excluding hydrogens is 326 g/mol. The van der Waals surface area contributed by atoms with E-state index in [-0.39, 0.29) is 5.75 Å². The van der Waals surface area contributed by atoms with Crippen molar-refractivity contribution in [3.8, 4) is 11.5 Å². The summed E-state index contributed by atoms with van der Waals surface area (Å²) in [6, 6.07) is 15.3. The van der Waals surface area contributed by atoms with Crippen LogP contribution in [0.3, 0.4) is 0 Å². The summed E-state index contributed by atoms with van der Waals surface area (Å²) >= 11 is 0. The highest BCUT2D eigenvalue weighted by Crippen LogP contribution is 2.30. The van der Waals surface area contributed by atoms with Crippen molar-refractivity contribution >= 4 is 0 Å². The Balaban J connectivity index is 2.04. The first-order chi connectivity index (χ1) is 12.1. The molecule has 0 fully saturated rings. The van der Waals surface area contributed by atoms with Crippen molar-refractivity contribution in [2.24, 2.45) is 5.73 Å². The number of nitrogens with zero attached hydrogens (tertiary/aromatic N) is 1. The number of halogens is 2. The Bertz CT molecular complexity index is 639. The summed E-state index contributed by atoms with van der Waals surface area (Å²) in [6.07, 6.45) is 0.900. The van der Waals surface area contributed by atoms with Gasteiger partial charge in [0.25, 0.3) is 0 Å². The van der Waals surface area contributed by atoms with Gasteiger partial charge in [-0.05, 0) is 29.7 Å². The fourth-order valence-corrected chi connectivity index (χ4v) is 2.65. The van der Waals surface area contributed by atoms with Crippen LogP contribution < -0.4 is 15.2 Å². The van der Waals surface area contributed by atoms with Gasteiger partial charge in [0.1, 0.15) is 0 Å². The molecule has 0 unspecified atom stereocenters. The second-order valence-electron chi connectivity index (χ2n) is 5.66. The SMILES string of the molecule is COc1ccc(CN(CCN)CCc2ccccc2)cc1OC(F)F. The molecule has 0 aliphatic carbocycles. The van der Waals surface area contributed by atoms with E-state index < -0.39 is 6.61 Å². The van der Waals surface area contributed by atoms with Gasteiger partial charge in [0.2, 0.25) is 0 Å². The van der Waals surface area contributed by atoms with Crippen molar-refractivity contribution in [3.05, 3.63) is 59.7 Å². The van der Waals surface area contributed by atoms with Crippen LogP contribution in [-0.2, 0) is 13.0 Å². The zero-order valence-electron chi connectivity index (χ0n) is 14.3. The van der Waals surface area contributed by atoms with Crippen molar-refractivity contribution < 1.29 is 18.3 Å². The summed E-state index contributed by atoms with van der Waals surface area (Å²) in [5, 5.41) is 0. The molecular formula is C19H24F2N2O2. The Morgan fingerprint density at radius 2 is 1.76 bits per heavy atom. The summed E-state index contributed by atoms with van der Waals surface area (Å²) in [5.74, 6) is 0.337. The van der Waals surface area contributed by atoms with Gasteiger partial charge in [-0.3, -0.25) is 4.90 Å². The maximum absolute atomic E-state index is 12.6. The molecule has 0 saturated carbocycles. The molecule has 25 heavy (non-hydrogen) atoms. The average molecular weight is 350 g/mol. The van der Waals surface area contributed by atoms with E-state index in [9.17, 15) is 8.78 Å². The van der Waals surface area contributed by atoms with Crippen LogP contribution in [-0.4, -0.2) is 38.3 Å². The first kappa shape index (κ1) is 19.1. The summed E-state index contributed by atoms with van der Waals surface area (Å²) in [4.78, 5) is 2.20. The van der Waals surface area contributed by atoms with E-state index in [4.69, 9.17) is 10.5 Å². The highest BCUT2D eigenvalue weighted by atomic mass is 19.3. The number of nitrogens with two attached hydrogens (primary N) is 1. The van der Waals surface area contributed by atoms with E-state index >= 15 is 0 Å². The number of ether oxygens (including phenoxy) is 2. The van der Waals surface area contributed by atoms with Crippen LogP contribution in [0, 0.1) is 0 Å². The van der Waals surface area contributed by atoms with E-state index in [1.807, 2.05) is 24.3 Å². The zero-order valence-corrected chi connectivity index (χ0v) is 14.3. The van der Waals surface area contributed by atoms with E-state index in [0.717, 1.165) is 25.1 Å². The van der Waals surface area contributed by atoms with Gasteiger partial charge < -0.3 is 15.2 Å². The number of methoxy groups -OCH3 is 1. The smallest absolute Gasteiger partial charge is 0.387 e. The van der Waals surface area contributed by atoms with E-state index in [1.54, 1.807) is 12.1 Å². The Morgan fingerprint density at radius 3 is 2.40 bits per heavy atom. The van der Waals surface area contributed by atoms with Crippen LogP contribution in [0.5, 0.6) is 11.5 Å². The normalized spacial score (nSPS) is 11.1. The minimum absolute atomic E-state index is 0.0470. The minimum Gasteiger partial charge on any atom is -0.493 e. The van der Waals surface area contributed by atoms with Gasteiger partial charge in [-0.2, -0.15) is 8.78 Å². The molecule has 6 heteroatoms. The van der Waals surface area contributed by atoms with E-state index in [1.165, 1.54) is 12.7 Å². The van der Waals surface area contributed by atoms with Gasteiger partial charge in [-0.1, -0.05) is 36.4 Å². The fraction of sp³-hybridized carbons (Fsp3) is 0.368. The van der Waals surface area contributed by atoms with Crippen molar-refractivity contribution in [1.29, 1.82) is 0 Å². The molecule has 0 aliphatic rings. The molecule has 2 N–H and O–H groups in total. The number of hydrogen-bond acceptors (Lipinski definition) is 4. The largest absolute Gasteiger partial charge is 0.493 e. The summed E-state index contributed by atoms with van der Waals surface area (Å²) < 4.78 is 34.7. The highest BCUT2D eigenvalue weighted by molar-refractivity contribution is 5.43. The van der Waals surface area contributed by atoms with Crippen LogP contribution in [0.25, 0.3) is 0 Å². The first-order valence-electron chi connectivity index (χ1n) is 8.20. The molecule has 0 heterocycles. The van der Waals surface area contributed by atoms with Crippen molar-refractivity contribution in [1.82, 2.24) is 4.90 Å². The van der Waals surface area contributed by atoms with Crippen LogP contribution >= 0.6 is 0 Å². The predicted octanol–water partition coefficient (Wildman–Crippen LogP) is 3.30. The number of alkyl halides is 2. The van der Waals surface area contributed by atoms with Crippen molar-refractivity contribution in [3.63, 3.8) is 0 Å². The van der Waals surface area contributed by atoms with Gasteiger partial charge in [0.05, 0.1) is 7.11 Å². The molecule has 0 aromatic heterocycles. The number of benzene rings is 2. The lowest BCUT2D eigenvalue weighted by Crippen LogP contribution is -2.31. The second kappa shape index (κ2) is 9.96. The molecule has 0 amide bonds. The molecule has 0 aliphatic heterocycles. The van der Waals surface area contributed by atoms with Crippen LogP contribution in [0.15, 0.2) is 48.5 Å². The minimum atomic E-state index is -2.89. The topological polar surface area (TPSA) is 47.7 Å². The molecule has 0 atom stereocenters.